The van der Waals surface area contributed by atoms with Crippen LogP contribution in [0.25, 0.3) is 0 Å². The number of nitrogens with one attached hydrogen (secondary N) is 2. The van der Waals surface area contributed by atoms with Crippen molar-refractivity contribution in [3.63, 3.8) is 0 Å². The summed E-state index contributed by atoms with van der Waals surface area (Å²) < 4.78 is 0. The van der Waals surface area contributed by atoms with Crippen molar-refractivity contribution in [3.05, 3.63) is 54.1 Å². The average molecular weight is 545 g/mol. The average Bonchev–Trinajstić information content (AvgIpc) is 3.29. The van der Waals surface area contributed by atoms with Crippen LogP contribution in [0.2, 0.25) is 0 Å². The van der Waals surface area contributed by atoms with Crippen molar-refractivity contribution in [1.82, 2.24) is 10.2 Å². The van der Waals surface area contributed by atoms with Gasteiger partial charge < -0.3 is 25.3 Å². The van der Waals surface area contributed by atoms with E-state index in [9.17, 15) is 9.59 Å². The van der Waals surface area contributed by atoms with Gasteiger partial charge in [0.2, 0.25) is 5.66 Å². The molecule has 3 aliphatic rings. The predicted octanol–water partition coefficient (Wildman–Crippen LogP) is 5.35. The molecule has 2 heterocycles. The largest absolute Gasteiger partial charge is 0.369 e. The van der Waals surface area contributed by atoms with Gasteiger partial charge in [-0.15, -0.1) is 0 Å². The van der Waals surface area contributed by atoms with Gasteiger partial charge in [-0.25, -0.2) is 4.79 Å². The third-order valence-corrected chi connectivity index (χ3v) is 8.48. The summed E-state index contributed by atoms with van der Waals surface area (Å²) >= 11 is 0. The number of amides is 3. The van der Waals surface area contributed by atoms with Crippen LogP contribution in [0.3, 0.4) is 0 Å². The number of nitrogens with zero attached hydrogens (tertiary/aromatic N) is 4. The first-order valence-corrected chi connectivity index (χ1v) is 14.9. The number of fused-ring (bicyclic) bond motifs is 1. The molecule has 8 heteroatoms. The molecule has 2 N–H and O–H groups in total. The van der Waals surface area contributed by atoms with Crippen LogP contribution in [-0.2, 0) is 4.79 Å². The fourth-order valence-electron chi connectivity index (χ4n) is 6.28. The Balaban J connectivity index is 1.44. The minimum atomic E-state index is -1.36. The van der Waals surface area contributed by atoms with Gasteiger partial charge in [0.1, 0.15) is 0 Å². The van der Waals surface area contributed by atoms with Crippen molar-refractivity contribution in [2.75, 3.05) is 54.9 Å². The number of urea groups is 1. The van der Waals surface area contributed by atoms with Crippen LogP contribution in [0, 0.1) is 11.8 Å². The molecular weight excluding hydrogens is 500 g/mol. The fourth-order valence-corrected chi connectivity index (χ4v) is 6.28. The van der Waals surface area contributed by atoms with Crippen molar-refractivity contribution < 1.29 is 9.59 Å². The van der Waals surface area contributed by atoms with Gasteiger partial charge in [-0.2, -0.15) is 0 Å². The van der Waals surface area contributed by atoms with Crippen molar-refractivity contribution >= 4 is 35.2 Å². The zero-order chi connectivity index (χ0) is 28.1. The third-order valence-electron chi connectivity index (χ3n) is 8.48. The first-order chi connectivity index (χ1) is 19.4. The van der Waals surface area contributed by atoms with Gasteiger partial charge >= 0.3 is 6.03 Å². The number of likely N-dealkylation sites (N-methyl/N-ethyl adjacent to an activating group) is 1. The van der Waals surface area contributed by atoms with Gasteiger partial charge in [0.25, 0.3) is 5.91 Å². The first kappa shape index (κ1) is 28.1. The van der Waals surface area contributed by atoms with Crippen LogP contribution < -0.4 is 20.4 Å². The molecule has 0 bridgehead atoms. The highest BCUT2D eigenvalue weighted by Gasteiger charge is 2.50. The Bertz CT molecular complexity index is 1210. The Morgan fingerprint density at radius 2 is 1.73 bits per heavy atom. The Kier molecular flexibility index (Phi) is 8.74. The number of piperazine rings is 1. The van der Waals surface area contributed by atoms with Crippen molar-refractivity contribution in [3.8, 4) is 0 Å². The molecule has 1 atom stereocenters. The molecule has 1 aliphatic carbocycles. The van der Waals surface area contributed by atoms with Crippen LogP contribution >= 0.6 is 0 Å². The van der Waals surface area contributed by atoms with Gasteiger partial charge in [0.05, 0.1) is 5.69 Å². The summed E-state index contributed by atoms with van der Waals surface area (Å²) in [7, 11) is 2.14. The van der Waals surface area contributed by atoms with E-state index in [1.165, 1.54) is 0 Å². The van der Waals surface area contributed by atoms with E-state index in [1.54, 1.807) is 6.21 Å². The highest BCUT2D eigenvalue weighted by Crippen LogP contribution is 2.38. The Morgan fingerprint density at radius 1 is 1.00 bits per heavy atom. The minimum absolute atomic E-state index is 0.0786. The summed E-state index contributed by atoms with van der Waals surface area (Å²) in [4.78, 5) is 39.8. The number of carbonyl (C=O) groups excluding carboxylic acids is 2. The minimum Gasteiger partial charge on any atom is -0.369 e. The molecule has 2 aliphatic heterocycles. The predicted molar refractivity (Wildman–Crippen MR) is 163 cm³/mol. The lowest BCUT2D eigenvalue weighted by Crippen LogP contribution is -2.63. The molecule has 1 unspecified atom stereocenters. The monoisotopic (exact) mass is 544 g/mol. The Labute approximate surface area is 238 Å². The summed E-state index contributed by atoms with van der Waals surface area (Å²) in [6.45, 7) is 8.71. The van der Waals surface area contributed by atoms with Crippen LogP contribution in [0.15, 0.2) is 53.5 Å². The van der Waals surface area contributed by atoms with Crippen molar-refractivity contribution in [2.24, 2.45) is 16.8 Å². The van der Waals surface area contributed by atoms with Crippen LogP contribution in [-0.4, -0.2) is 68.5 Å². The maximum Gasteiger partial charge on any atom is 0.321 e. The van der Waals surface area contributed by atoms with Gasteiger partial charge in [-0.05, 0) is 50.1 Å². The zero-order valence-electron chi connectivity index (χ0n) is 24.2. The second kappa shape index (κ2) is 12.4. The fraction of sp³-hybridized carbons (Fsp3) is 0.531. The van der Waals surface area contributed by atoms with E-state index < -0.39 is 11.7 Å². The number of hydrogen-bond donors (Lipinski definition) is 2. The van der Waals surface area contributed by atoms with E-state index in [0.717, 1.165) is 81.6 Å². The van der Waals surface area contributed by atoms with Gasteiger partial charge in [-0.3, -0.25) is 9.79 Å². The second-order valence-electron chi connectivity index (χ2n) is 12.0. The normalized spacial score (nSPS) is 22.6. The topological polar surface area (TPSA) is 80.3 Å². The molecule has 40 heavy (non-hydrogen) atoms. The lowest BCUT2D eigenvalue weighted by Gasteiger charge is -2.39. The van der Waals surface area contributed by atoms with E-state index in [-0.39, 0.29) is 17.7 Å². The van der Waals surface area contributed by atoms with Gasteiger partial charge in [0.15, 0.2) is 0 Å². The number of benzodiazepines with no additional fused rings is 1. The number of hydrogen-bond acceptors (Lipinski definition) is 5. The lowest BCUT2D eigenvalue weighted by molar-refractivity contribution is -0.126. The smallest absolute Gasteiger partial charge is 0.321 e. The maximum absolute atomic E-state index is 14.6. The Hall–Kier alpha value is -3.39. The molecule has 214 valence electrons. The molecule has 0 aromatic heterocycles. The molecule has 3 amide bonds. The molecule has 2 aromatic rings. The van der Waals surface area contributed by atoms with Crippen molar-refractivity contribution in [1.29, 1.82) is 0 Å². The summed E-state index contributed by atoms with van der Waals surface area (Å²) in [5, 5.41) is 6.19. The number of anilines is 3. The summed E-state index contributed by atoms with van der Waals surface area (Å²) in [6.07, 6.45) is 7.86. The highest BCUT2D eigenvalue weighted by atomic mass is 16.2. The van der Waals surface area contributed by atoms with E-state index in [0.29, 0.717) is 12.2 Å². The van der Waals surface area contributed by atoms with Crippen LogP contribution in [0.1, 0.15) is 57.9 Å². The SMILES string of the molecule is CC(C)CN1C(=O)C(NC(=O)Nc2cccc(N3CCN(C)CC3)c2)(C2CCCCCC2)N=Cc2ccccc21. The molecule has 5 rings (SSSR count). The molecule has 8 nitrogen and oxygen atoms in total. The molecule has 2 aromatic carbocycles. The Morgan fingerprint density at radius 3 is 2.45 bits per heavy atom. The summed E-state index contributed by atoms with van der Waals surface area (Å²) in [5.74, 6) is 0.0360. The van der Waals surface area contributed by atoms with Gasteiger partial charge in [0, 0.05) is 61.8 Å². The third kappa shape index (κ3) is 6.17. The number of aliphatic imine (C=N–C) groups is 1. The number of carbonyl (C=O) groups is 2. The maximum atomic E-state index is 14.6. The van der Waals surface area contributed by atoms with E-state index in [4.69, 9.17) is 4.99 Å². The molecule has 0 radical (unpaired) electrons. The van der Waals surface area contributed by atoms with E-state index >= 15 is 0 Å². The van der Waals surface area contributed by atoms with E-state index in [1.807, 2.05) is 47.4 Å². The highest BCUT2D eigenvalue weighted by molar-refractivity contribution is 6.09. The summed E-state index contributed by atoms with van der Waals surface area (Å²) in [5.41, 5.74) is 2.18. The zero-order valence-corrected chi connectivity index (χ0v) is 24.2. The second-order valence-corrected chi connectivity index (χ2v) is 12.0. The summed E-state index contributed by atoms with van der Waals surface area (Å²) in [6, 6.07) is 15.5. The quantitative estimate of drug-likeness (QED) is 0.481. The standard InChI is InChI=1S/C32H44N6O2/c1-24(2)23-38-29-16-9-8-11-25(29)22-33-32(30(38)39,26-12-6-4-5-7-13-26)35-31(40)34-27-14-10-15-28(21-27)37-19-17-36(3)18-20-37/h8-11,14-16,21-22,24,26H,4-7,12-13,17-20,23H2,1-3H3,(H2,34,35,40). The van der Waals surface area contributed by atoms with E-state index in [2.05, 4.69) is 47.4 Å². The number of benzene rings is 2. The van der Waals surface area contributed by atoms with Crippen LogP contribution in [0.4, 0.5) is 21.9 Å². The van der Waals surface area contributed by atoms with Crippen molar-refractivity contribution in [2.45, 2.75) is 58.0 Å². The van der Waals surface area contributed by atoms with Crippen LogP contribution in [0.5, 0.6) is 0 Å². The molecular formula is C32H44N6O2. The molecule has 1 saturated heterocycles. The van der Waals surface area contributed by atoms with Gasteiger partial charge in [-0.1, -0.05) is 63.8 Å². The number of para-hydroxylation sites is 1. The number of rotatable bonds is 6. The molecule has 2 fully saturated rings. The molecule has 1 saturated carbocycles. The lowest BCUT2D eigenvalue weighted by atomic mass is 9.84. The first-order valence-electron chi connectivity index (χ1n) is 14.9. The molecule has 0 spiro atoms.